The zero-order chi connectivity index (χ0) is 19.0. The highest BCUT2D eigenvalue weighted by Gasteiger charge is 2.30. The number of carbonyl (C=O) groups is 1. The average molecular weight is 390 g/mol. The number of rotatable bonds is 4. The zero-order valence-electron chi connectivity index (χ0n) is 15.0. The minimum Gasteiger partial charge on any atom is -0.446 e. The van der Waals surface area contributed by atoms with E-state index in [-0.39, 0.29) is 23.5 Å². The number of sulfone groups is 1. The Labute approximate surface area is 157 Å². The summed E-state index contributed by atoms with van der Waals surface area (Å²) in [6, 6.07) is 7.55. The van der Waals surface area contributed by atoms with Crippen LogP contribution in [0.1, 0.15) is 42.0 Å². The van der Waals surface area contributed by atoms with Gasteiger partial charge in [-0.15, -0.1) is 0 Å². The van der Waals surface area contributed by atoms with Crippen LogP contribution >= 0.6 is 0 Å². The van der Waals surface area contributed by atoms with Crippen LogP contribution in [0.4, 0.5) is 16.3 Å². The lowest BCUT2D eigenvalue weighted by Crippen LogP contribution is -2.24. The van der Waals surface area contributed by atoms with Crippen molar-refractivity contribution >= 4 is 27.4 Å². The maximum absolute atomic E-state index is 11.7. The third-order valence-electron chi connectivity index (χ3n) is 5.13. The number of H-pyrrole nitrogens is 1. The number of fused-ring (bicyclic) bond motifs is 1. The molecule has 27 heavy (non-hydrogen) atoms. The van der Waals surface area contributed by atoms with Gasteiger partial charge in [0.2, 0.25) is 0 Å². The first-order valence-corrected chi connectivity index (χ1v) is 10.8. The van der Waals surface area contributed by atoms with Crippen molar-refractivity contribution in [2.45, 2.75) is 42.8 Å². The number of carbonyl (C=O) groups excluding carboxylic acids is 1. The summed E-state index contributed by atoms with van der Waals surface area (Å²) in [6.07, 6.45) is 2.06. The van der Waals surface area contributed by atoms with Crippen LogP contribution in [0.25, 0.3) is 0 Å². The fourth-order valence-corrected chi connectivity index (χ4v) is 5.40. The van der Waals surface area contributed by atoms with Gasteiger partial charge in [-0.2, -0.15) is 5.10 Å². The topological polar surface area (TPSA) is 113 Å². The van der Waals surface area contributed by atoms with E-state index >= 15 is 0 Å². The van der Waals surface area contributed by atoms with Gasteiger partial charge in [0.1, 0.15) is 6.10 Å². The Morgan fingerprint density at radius 2 is 2.04 bits per heavy atom. The molecule has 2 aromatic rings. The molecule has 2 aliphatic rings. The van der Waals surface area contributed by atoms with Crippen LogP contribution in [0.15, 0.2) is 24.3 Å². The molecule has 3 N–H and O–H groups in total. The summed E-state index contributed by atoms with van der Waals surface area (Å²) in [5.41, 5.74) is 3.54. The molecule has 0 saturated heterocycles. The normalized spacial score (nSPS) is 23.0. The van der Waals surface area contributed by atoms with E-state index in [2.05, 4.69) is 20.8 Å². The van der Waals surface area contributed by atoms with Crippen molar-refractivity contribution in [3.63, 3.8) is 0 Å². The van der Waals surface area contributed by atoms with Gasteiger partial charge in [0.15, 0.2) is 15.7 Å². The Morgan fingerprint density at radius 3 is 2.85 bits per heavy atom. The molecule has 1 fully saturated rings. The van der Waals surface area contributed by atoms with E-state index in [4.69, 9.17) is 4.74 Å². The molecule has 0 radical (unpaired) electrons. The van der Waals surface area contributed by atoms with Gasteiger partial charge >= 0.3 is 6.09 Å². The summed E-state index contributed by atoms with van der Waals surface area (Å²) in [5.74, 6) is 1.17. The van der Waals surface area contributed by atoms with E-state index in [9.17, 15) is 13.2 Å². The number of aromatic amines is 1. The lowest BCUT2D eigenvalue weighted by molar-refractivity contribution is 0.102. The Morgan fingerprint density at radius 1 is 1.22 bits per heavy atom. The minimum absolute atomic E-state index is 0.0756. The van der Waals surface area contributed by atoms with Gasteiger partial charge in [-0.1, -0.05) is 6.07 Å². The van der Waals surface area contributed by atoms with Crippen LogP contribution in [0.3, 0.4) is 0 Å². The molecule has 1 aromatic heterocycles. The first-order valence-electron chi connectivity index (χ1n) is 8.95. The van der Waals surface area contributed by atoms with Crippen LogP contribution < -0.4 is 10.6 Å². The number of ether oxygens (including phenoxy) is 1. The van der Waals surface area contributed by atoms with Crippen molar-refractivity contribution in [1.29, 1.82) is 0 Å². The highest BCUT2D eigenvalue weighted by molar-refractivity contribution is 7.90. The predicted molar refractivity (Wildman–Crippen MR) is 101 cm³/mol. The Kier molecular flexibility index (Phi) is 4.55. The smallest absolute Gasteiger partial charge is 0.407 e. The highest BCUT2D eigenvalue weighted by atomic mass is 32.2. The van der Waals surface area contributed by atoms with Crippen molar-refractivity contribution in [3.05, 3.63) is 41.1 Å². The van der Waals surface area contributed by atoms with Crippen LogP contribution in [-0.4, -0.2) is 37.9 Å². The SMILES string of the molecule is CNC(=O)O[C@@H]1CC[C@H](c2cc(Nc3ccc4c(c3)CS(=O)(=O)C4)n[nH]2)C1. The maximum atomic E-state index is 11.7. The van der Waals surface area contributed by atoms with Gasteiger partial charge in [-0.3, -0.25) is 5.10 Å². The van der Waals surface area contributed by atoms with Crippen molar-refractivity contribution in [3.8, 4) is 0 Å². The standard InChI is InChI=1S/C18H22N4O4S/c1-19-18(23)26-15-5-3-11(7-15)16-8-17(22-21-16)20-14-4-2-12-9-27(24,25)10-13(12)6-14/h2,4,6,8,11,15H,3,5,7,9-10H2,1H3,(H,19,23)(H2,20,21,22)/t11-,15+/m0/s1. The minimum atomic E-state index is -3.01. The quantitative estimate of drug-likeness (QED) is 0.739. The van der Waals surface area contributed by atoms with Crippen LogP contribution in [0.5, 0.6) is 0 Å². The molecular formula is C18H22N4O4S. The molecular weight excluding hydrogens is 368 g/mol. The molecule has 2 heterocycles. The summed E-state index contributed by atoms with van der Waals surface area (Å²) >= 11 is 0. The summed E-state index contributed by atoms with van der Waals surface area (Å²) in [5, 5.41) is 13.1. The summed E-state index contributed by atoms with van der Waals surface area (Å²) in [7, 11) is -1.46. The molecule has 0 unspecified atom stereocenters. The number of alkyl carbamates (subject to hydrolysis) is 1. The summed E-state index contributed by atoms with van der Waals surface area (Å²) in [4.78, 5) is 11.3. The number of hydrogen-bond acceptors (Lipinski definition) is 6. The Balaban J connectivity index is 1.40. The molecule has 1 aromatic carbocycles. The zero-order valence-corrected chi connectivity index (χ0v) is 15.8. The van der Waals surface area contributed by atoms with E-state index in [1.807, 2.05) is 24.3 Å². The molecule has 9 heteroatoms. The molecule has 1 saturated carbocycles. The molecule has 144 valence electrons. The van der Waals surface area contributed by atoms with E-state index in [0.717, 1.165) is 41.8 Å². The monoisotopic (exact) mass is 390 g/mol. The third kappa shape index (κ3) is 3.92. The number of amides is 1. The second kappa shape index (κ2) is 6.88. The number of aromatic nitrogens is 2. The average Bonchev–Trinajstić information content (AvgIpc) is 3.32. The fourth-order valence-electron chi connectivity index (χ4n) is 3.80. The Bertz CT molecular complexity index is 969. The van der Waals surface area contributed by atoms with E-state index in [1.165, 1.54) is 0 Å². The number of anilines is 2. The van der Waals surface area contributed by atoms with Crippen molar-refractivity contribution in [1.82, 2.24) is 15.5 Å². The van der Waals surface area contributed by atoms with E-state index in [1.54, 1.807) is 7.05 Å². The maximum Gasteiger partial charge on any atom is 0.407 e. The lowest BCUT2D eigenvalue weighted by atomic mass is 10.0. The summed E-state index contributed by atoms with van der Waals surface area (Å²) < 4.78 is 28.8. The molecule has 1 amide bonds. The molecule has 0 bridgehead atoms. The fraction of sp³-hybridized carbons (Fsp3) is 0.444. The molecule has 1 aliphatic carbocycles. The first kappa shape index (κ1) is 17.8. The van der Waals surface area contributed by atoms with Crippen LogP contribution in [0.2, 0.25) is 0 Å². The second-order valence-corrected chi connectivity index (χ2v) is 9.20. The highest BCUT2D eigenvalue weighted by Crippen LogP contribution is 2.36. The van der Waals surface area contributed by atoms with Crippen molar-refractivity contribution in [2.24, 2.45) is 0 Å². The third-order valence-corrected chi connectivity index (χ3v) is 6.63. The largest absolute Gasteiger partial charge is 0.446 e. The van der Waals surface area contributed by atoms with Crippen LogP contribution in [0, 0.1) is 0 Å². The molecule has 1 aliphatic heterocycles. The molecule has 8 nitrogen and oxygen atoms in total. The van der Waals surface area contributed by atoms with Crippen LogP contribution in [-0.2, 0) is 26.1 Å². The van der Waals surface area contributed by atoms with Gasteiger partial charge in [0.05, 0.1) is 11.5 Å². The van der Waals surface area contributed by atoms with Gasteiger partial charge in [0, 0.05) is 30.4 Å². The van der Waals surface area contributed by atoms with E-state index < -0.39 is 15.9 Å². The predicted octanol–water partition coefficient (Wildman–Crippen LogP) is 2.57. The van der Waals surface area contributed by atoms with Gasteiger partial charge in [0.25, 0.3) is 0 Å². The van der Waals surface area contributed by atoms with Gasteiger partial charge < -0.3 is 15.4 Å². The number of hydrogen-bond donors (Lipinski definition) is 3. The number of nitrogens with zero attached hydrogens (tertiary/aromatic N) is 1. The summed E-state index contributed by atoms with van der Waals surface area (Å²) in [6.45, 7) is 0. The molecule has 2 atom stereocenters. The van der Waals surface area contributed by atoms with E-state index in [0.29, 0.717) is 5.82 Å². The Hall–Kier alpha value is -2.55. The molecule has 0 spiro atoms. The lowest BCUT2D eigenvalue weighted by Gasteiger charge is -2.11. The van der Waals surface area contributed by atoms with Gasteiger partial charge in [-0.25, -0.2) is 13.2 Å². The van der Waals surface area contributed by atoms with Crippen molar-refractivity contribution in [2.75, 3.05) is 12.4 Å². The number of nitrogens with one attached hydrogen (secondary N) is 3. The number of benzene rings is 1. The second-order valence-electron chi connectivity index (χ2n) is 7.14. The van der Waals surface area contributed by atoms with Crippen molar-refractivity contribution < 1.29 is 17.9 Å². The van der Waals surface area contributed by atoms with Gasteiger partial charge in [-0.05, 0) is 42.5 Å². The molecule has 4 rings (SSSR count). The first-order chi connectivity index (χ1) is 12.9.